The number of carbonyl (C=O) groups is 1. The van der Waals surface area contributed by atoms with Crippen LogP contribution in [0.4, 0.5) is 4.39 Å². The molecule has 1 aliphatic carbocycles. The minimum absolute atomic E-state index is 0.0447. The highest BCUT2D eigenvalue weighted by molar-refractivity contribution is 5.83. The van der Waals surface area contributed by atoms with Crippen molar-refractivity contribution in [3.63, 3.8) is 0 Å². The van der Waals surface area contributed by atoms with Crippen LogP contribution in [-0.2, 0) is 9.53 Å². The summed E-state index contributed by atoms with van der Waals surface area (Å²) in [7, 11) is 0. The van der Waals surface area contributed by atoms with Crippen LogP contribution >= 0.6 is 0 Å². The number of nitrogens with zero attached hydrogens (tertiary/aromatic N) is 1. The quantitative estimate of drug-likeness (QED) is 0.920. The topological polar surface area (TPSA) is 49.8 Å². The zero-order chi connectivity index (χ0) is 17.3. The third-order valence-corrected chi connectivity index (χ3v) is 5.86. The van der Waals surface area contributed by atoms with Gasteiger partial charge in [-0.15, -0.1) is 0 Å². The van der Waals surface area contributed by atoms with Gasteiger partial charge < -0.3 is 14.7 Å². The number of halogens is 1. The fourth-order valence-electron chi connectivity index (χ4n) is 4.19. The molecule has 0 radical (unpaired) electrons. The van der Waals surface area contributed by atoms with Crippen LogP contribution in [0, 0.1) is 11.2 Å². The number of piperidine rings is 1. The minimum Gasteiger partial charge on any atom is -0.392 e. The monoisotopic (exact) mass is 335 g/mol. The standard InChI is InChI=1S/C19H26FNO3/c1-3-24-17-12-16(22)19(17)8-10-21(11-9-19)18(23)13(2)14-6-4-5-7-15(14)20/h4-7,13,16-17,22H,3,8-12H2,1-2H3. The molecule has 2 fully saturated rings. The van der Waals surface area contributed by atoms with Crippen LogP contribution < -0.4 is 0 Å². The second kappa shape index (κ2) is 6.81. The molecule has 1 aromatic carbocycles. The highest BCUT2D eigenvalue weighted by atomic mass is 19.1. The summed E-state index contributed by atoms with van der Waals surface area (Å²) in [6, 6.07) is 6.45. The van der Waals surface area contributed by atoms with Gasteiger partial charge in [-0.1, -0.05) is 18.2 Å². The first kappa shape index (κ1) is 17.4. The Morgan fingerprint density at radius 1 is 1.42 bits per heavy atom. The molecule has 3 unspecified atom stereocenters. The van der Waals surface area contributed by atoms with Gasteiger partial charge in [-0.25, -0.2) is 4.39 Å². The largest absolute Gasteiger partial charge is 0.392 e. The normalized spacial score (nSPS) is 26.9. The van der Waals surface area contributed by atoms with Crippen LogP contribution in [0.15, 0.2) is 24.3 Å². The fraction of sp³-hybridized carbons (Fsp3) is 0.632. The molecule has 2 aliphatic rings. The molecule has 1 heterocycles. The molecule has 0 aromatic heterocycles. The Bertz CT molecular complexity index is 596. The lowest BCUT2D eigenvalue weighted by Gasteiger charge is -2.56. The zero-order valence-corrected chi connectivity index (χ0v) is 14.4. The minimum atomic E-state index is -0.491. The van der Waals surface area contributed by atoms with E-state index in [9.17, 15) is 14.3 Å². The second-order valence-corrected chi connectivity index (χ2v) is 7.00. The van der Waals surface area contributed by atoms with Gasteiger partial charge in [0.25, 0.3) is 0 Å². The molecule has 1 saturated carbocycles. The molecule has 1 saturated heterocycles. The molecule has 1 amide bonds. The van der Waals surface area contributed by atoms with Crippen LogP contribution in [0.1, 0.15) is 44.6 Å². The molecule has 1 aromatic rings. The first-order valence-electron chi connectivity index (χ1n) is 8.82. The lowest BCUT2D eigenvalue weighted by atomic mass is 9.58. The third-order valence-electron chi connectivity index (χ3n) is 5.86. The number of rotatable bonds is 4. The molecule has 1 N–H and O–H groups in total. The van der Waals surface area contributed by atoms with Crippen molar-refractivity contribution in [3.05, 3.63) is 35.6 Å². The SMILES string of the molecule is CCOC1CC(O)C12CCN(C(=O)C(C)c1ccccc1F)CC2. The summed E-state index contributed by atoms with van der Waals surface area (Å²) in [5, 5.41) is 10.2. The number of amides is 1. The Kier molecular flexibility index (Phi) is 4.92. The first-order valence-corrected chi connectivity index (χ1v) is 8.82. The van der Waals surface area contributed by atoms with Crippen LogP contribution in [0.3, 0.4) is 0 Å². The van der Waals surface area contributed by atoms with E-state index in [4.69, 9.17) is 4.74 Å². The predicted molar refractivity (Wildman–Crippen MR) is 89.1 cm³/mol. The summed E-state index contributed by atoms with van der Waals surface area (Å²) in [6.07, 6.45) is 1.94. The molecule has 0 bridgehead atoms. The van der Waals surface area contributed by atoms with Crippen LogP contribution in [0.25, 0.3) is 0 Å². The van der Waals surface area contributed by atoms with Crippen molar-refractivity contribution >= 4 is 5.91 Å². The van der Waals surface area contributed by atoms with Gasteiger partial charge in [-0.2, -0.15) is 0 Å². The predicted octanol–water partition coefficient (Wildman–Crippen LogP) is 2.71. The Balaban J connectivity index is 1.64. The van der Waals surface area contributed by atoms with Gasteiger partial charge in [0.05, 0.1) is 18.1 Å². The van der Waals surface area contributed by atoms with Crippen LogP contribution in [-0.4, -0.2) is 47.8 Å². The van der Waals surface area contributed by atoms with Crippen LogP contribution in [0.2, 0.25) is 0 Å². The molecule has 5 heteroatoms. The molecule has 3 atom stereocenters. The smallest absolute Gasteiger partial charge is 0.229 e. The Hall–Kier alpha value is -1.46. The van der Waals surface area contributed by atoms with Gasteiger partial charge in [-0.05, 0) is 38.3 Å². The van der Waals surface area contributed by atoms with Gasteiger partial charge in [0.15, 0.2) is 0 Å². The van der Waals surface area contributed by atoms with Gasteiger partial charge in [0, 0.05) is 31.5 Å². The van der Waals surface area contributed by atoms with E-state index in [1.54, 1.807) is 30.0 Å². The summed E-state index contributed by atoms with van der Waals surface area (Å²) in [6.45, 7) is 5.56. The Morgan fingerprint density at radius 3 is 2.67 bits per heavy atom. The van der Waals surface area contributed by atoms with Crippen molar-refractivity contribution in [3.8, 4) is 0 Å². The van der Waals surface area contributed by atoms with Crippen molar-refractivity contribution in [1.82, 2.24) is 4.90 Å². The lowest BCUT2D eigenvalue weighted by molar-refractivity contribution is -0.210. The van der Waals surface area contributed by atoms with Crippen molar-refractivity contribution in [1.29, 1.82) is 0 Å². The van der Waals surface area contributed by atoms with E-state index in [-0.39, 0.29) is 29.3 Å². The number of benzene rings is 1. The second-order valence-electron chi connectivity index (χ2n) is 7.00. The van der Waals surface area contributed by atoms with Gasteiger partial charge in [0.1, 0.15) is 5.82 Å². The summed E-state index contributed by atoms with van der Waals surface area (Å²) in [4.78, 5) is 14.5. The number of aliphatic hydroxyl groups excluding tert-OH is 1. The number of carbonyl (C=O) groups excluding carboxylic acids is 1. The number of aliphatic hydroxyl groups is 1. The molecular weight excluding hydrogens is 309 g/mol. The summed E-state index contributed by atoms with van der Waals surface area (Å²) >= 11 is 0. The Morgan fingerprint density at radius 2 is 2.08 bits per heavy atom. The van der Waals surface area contributed by atoms with Gasteiger partial charge in [-0.3, -0.25) is 4.79 Å². The van der Waals surface area contributed by atoms with Crippen molar-refractivity contribution in [2.45, 2.75) is 51.2 Å². The van der Waals surface area contributed by atoms with E-state index in [1.165, 1.54) is 6.07 Å². The maximum absolute atomic E-state index is 13.9. The average molecular weight is 335 g/mol. The molecule has 1 aliphatic heterocycles. The number of likely N-dealkylation sites (tertiary alicyclic amines) is 1. The highest BCUT2D eigenvalue weighted by Crippen LogP contribution is 2.51. The molecule has 24 heavy (non-hydrogen) atoms. The molecule has 1 spiro atoms. The summed E-state index contributed by atoms with van der Waals surface area (Å²) in [5.41, 5.74) is 0.243. The summed E-state index contributed by atoms with van der Waals surface area (Å²) < 4.78 is 19.7. The zero-order valence-electron chi connectivity index (χ0n) is 14.4. The summed E-state index contributed by atoms with van der Waals surface area (Å²) in [5.74, 6) is -0.872. The van der Waals surface area contributed by atoms with E-state index in [2.05, 4.69) is 0 Å². The van der Waals surface area contributed by atoms with Crippen LogP contribution in [0.5, 0.6) is 0 Å². The number of hydrogen-bond acceptors (Lipinski definition) is 3. The number of ether oxygens (including phenoxy) is 1. The van der Waals surface area contributed by atoms with E-state index in [0.29, 0.717) is 31.7 Å². The fourth-order valence-corrected chi connectivity index (χ4v) is 4.19. The maximum Gasteiger partial charge on any atom is 0.229 e. The van der Waals surface area contributed by atoms with Crippen molar-refractivity contribution < 1.29 is 19.0 Å². The van der Waals surface area contributed by atoms with Crippen molar-refractivity contribution in [2.75, 3.05) is 19.7 Å². The molecule has 3 rings (SSSR count). The first-order chi connectivity index (χ1) is 11.5. The molecule has 4 nitrogen and oxygen atoms in total. The Labute approximate surface area is 142 Å². The third kappa shape index (κ3) is 2.84. The van der Waals surface area contributed by atoms with Gasteiger partial charge >= 0.3 is 0 Å². The van der Waals surface area contributed by atoms with Gasteiger partial charge in [0.2, 0.25) is 5.91 Å². The number of hydrogen-bond donors (Lipinski definition) is 1. The van der Waals surface area contributed by atoms with E-state index < -0.39 is 5.92 Å². The van der Waals surface area contributed by atoms with E-state index >= 15 is 0 Å². The van der Waals surface area contributed by atoms with E-state index in [0.717, 1.165) is 12.8 Å². The molecule has 132 valence electrons. The maximum atomic E-state index is 13.9. The van der Waals surface area contributed by atoms with E-state index in [1.807, 2.05) is 6.92 Å². The molecular formula is C19H26FNO3. The lowest BCUT2D eigenvalue weighted by Crippen LogP contribution is -2.62. The van der Waals surface area contributed by atoms with Crippen molar-refractivity contribution in [2.24, 2.45) is 5.41 Å². The average Bonchev–Trinajstić information content (AvgIpc) is 2.61. The highest BCUT2D eigenvalue weighted by Gasteiger charge is 2.56.